The summed E-state index contributed by atoms with van der Waals surface area (Å²) >= 11 is 0. The molecule has 0 rings (SSSR count). The zero-order chi connectivity index (χ0) is 20.4. The van der Waals surface area contributed by atoms with Gasteiger partial charge < -0.3 is 0 Å². The first-order chi connectivity index (χ1) is 13.9. The van der Waals surface area contributed by atoms with Gasteiger partial charge in [-0.25, -0.2) is 4.94 Å². The van der Waals surface area contributed by atoms with Crippen LogP contribution in [-0.4, -0.2) is 6.54 Å². The van der Waals surface area contributed by atoms with Crippen molar-refractivity contribution in [3.63, 3.8) is 0 Å². The molecule has 0 unspecified atom stereocenters. The number of nitrogens with two attached hydrogens (primary N) is 1. The molecule has 0 aromatic rings. The van der Waals surface area contributed by atoms with E-state index < -0.39 is 0 Å². The Morgan fingerprint density at radius 1 is 0.429 bits per heavy atom. The molecule has 170 valence electrons. The van der Waals surface area contributed by atoms with Crippen molar-refractivity contribution >= 4 is 0 Å². The average molecular weight is 399 g/mol. The van der Waals surface area contributed by atoms with Crippen molar-refractivity contribution < 1.29 is 4.94 Å². The van der Waals surface area contributed by atoms with E-state index >= 15 is 0 Å². The van der Waals surface area contributed by atoms with Crippen molar-refractivity contribution in [3.8, 4) is 0 Å². The van der Waals surface area contributed by atoms with Gasteiger partial charge in [-0.3, -0.25) is 0 Å². The van der Waals surface area contributed by atoms with Crippen LogP contribution in [0.1, 0.15) is 155 Å². The summed E-state index contributed by atoms with van der Waals surface area (Å²) in [6.45, 7) is 3.17. The van der Waals surface area contributed by atoms with E-state index in [4.69, 9.17) is 5.90 Å². The summed E-state index contributed by atoms with van der Waals surface area (Å²) in [5.41, 5.74) is 2.69. The summed E-state index contributed by atoms with van der Waals surface area (Å²) in [5, 5.41) is 0. The smallest absolute Gasteiger partial charge is 0.0228 e. The first-order valence-corrected chi connectivity index (χ1v) is 13.0. The SMILES string of the molecule is CCCCCCCCCCCCCCCCCCCCCCCCCNON. The minimum atomic E-state index is 0.871. The summed E-state index contributed by atoms with van der Waals surface area (Å²) in [7, 11) is 0. The first-order valence-electron chi connectivity index (χ1n) is 13.0. The van der Waals surface area contributed by atoms with Crippen LogP contribution in [0, 0.1) is 0 Å². The fraction of sp³-hybridized carbons (Fsp3) is 1.00. The number of hydrogen-bond acceptors (Lipinski definition) is 3. The third-order valence-corrected chi connectivity index (χ3v) is 5.97. The molecule has 0 amide bonds. The molecule has 3 heteroatoms. The second-order valence-corrected chi connectivity index (χ2v) is 8.79. The molecule has 3 N–H and O–H groups in total. The van der Waals surface area contributed by atoms with Gasteiger partial charge >= 0.3 is 0 Å². The van der Waals surface area contributed by atoms with E-state index in [2.05, 4.69) is 17.3 Å². The Bertz CT molecular complexity index is 235. The third kappa shape index (κ3) is 25.9. The lowest BCUT2D eigenvalue weighted by Crippen LogP contribution is -2.19. The monoisotopic (exact) mass is 398 g/mol. The molecule has 0 aliphatic rings. The Morgan fingerprint density at radius 3 is 0.929 bits per heavy atom. The minimum absolute atomic E-state index is 0.871. The van der Waals surface area contributed by atoms with Gasteiger partial charge in [-0.05, 0) is 6.42 Å². The van der Waals surface area contributed by atoms with Crippen LogP contribution in [-0.2, 0) is 4.94 Å². The second-order valence-electron chi connectivity index (χ2n) is 8.79. The number of nitrogens with one attached hydrogen (secondary N) is 1. The van der Waals surface area contributed by atoms with E-state index in [0.29, 0.717) is 0 Å². The van der Waals surface area contributed by atoms with Crippen LogP contribution in [0.15, 0.2) is 0 Å². The van der Waals surface area contributed by atoms with Gasteiger partial charge in [0, 0.05) is 6.54 Å². The average Bonchev–Trinajstić information content (AvgIpc) is 2.71. The molecule has 0 bridgehead atoms. The van der Waals surface area contributed by atoms with Gasteiger partial charge in [0.1, 0.15) is 0 Å². The highest BCUT2D eigenvalue weighted by Crippen LogP contribution is 2.15. The first kappa shape index (κ1) is 27.9. The van der Waals surface area contributed by atoms with Crippen molar-refractivity contribution in [2.75, 3.05) is 6.54 Å². The van der Waals surface area contributed by atoms with E-state index in [0.717, 1.165) is 13.0 Å². The predicted molar refractivity (Wildman–Crippen MR) is 125 cm³/mol. The van der Waals surface area contributed by atoms with Crippen LogP contribution in [0.5, 0.6) is 0 Å². The zero-order valence-electron chi connectivity index (χ0n) is 19.5. The van der Waals surface area contributed by atoms with Gasteiger partial charge in [-0.15, -0.1) is 0 Å². The van der Waals surface area contributed by atoms with Crippen LogP contribution in [0.4, 0.5) is 0 Å². The fourth-order valence-corrected chi connectivity index (χ4v) is 4.04. The van der Waals surface area contributed by atoms with Gasteiger partial charge in [0.25, 0.3) is 0 Å². The highest BCUT2D eigenvalue weighted by atomic mass is 16.8. The van der Waals surface area contributed by atoms with Gasteiger partial charge in [-0.2, -0.15) is 11.4 Å². The molecule has 0 aliphatic heterocycles. The quantitative estimate of drug-likeness (QED) is 0.120. The molecule has 0 aromatic carbocycles. The lowest BCUT2D eigenvalue weighted by Gasteiger charge is -2.04. The van der Waals surface area contributed by atoms with E-state index in [1.165, 1.54) is 141 Å². The molecule has 0 spiro atoms. The number of hydrogen-bond donors (Lipinski definition) is 2. The van der Waals surface area contributed by atoms with Crippen LogP contribution < -0.4 is 11.4 Å². The fourth-order valence-electron chi connectivity index (χ4n) is 4.04. The van der Waals surface area contributed by atoms with Crippen molar-refractivity contribution in [1.29, 1.82) is 0 Å². The summed E-state index contributed by atoms with van der Waals surface area (Å²) < 4.78 is 0. The second kappa shape index (κ2) is 26.9. The lowest BCUT2D eigenvalue weighted by molar-refractivity contribution is 0.0400. The molecular weight excluding hydrogens is 344 g/mol. The predicted octanol–water partition coefficient (Wildman–Crippen LogP) is 8.37. The lowest BCUT2D eigenvalue weighted by atomic mass is 10.0. The number of unbranched alkanes of at least 4 members (excludes halogenated alkanes) is 22. The van der Waals surface area contributed by atoms with Gasteiger partial charge in [0.05, 0.1) is 0 Å². The maximum absolute atomic E-state index is 4.91. The molecular formula is C25H54N2O. The van der Waals surface area contributed by atoms with Gasteiger partial charge in [-0.1, -0.05) is 148 Å². The topological polar surface area (TPSA) is 47.3 Å². The Hall–Kier alpha value is -0.120. The minimum Gasteiger partial charge on any atom is -0.217 e. The van der Waals surface area contributed by atoms with Crippen molar-refractivity contribution in [2.24, 2.45) is 5.90 Å². The standard InChI is InChI=1S/C25H54N2O/c1-2-3-4-5-6-7-8-9-10-11-12-13-14-15-16-17-18-19-20-21-22-23-24-25-27-28-26/h27H,2-26H2,1H3. The zero-order valence-corrected chi connectivity index (χ0v) is 19.5. The normalized spacial score (nSPS) is 11.4. The van der Waals surface area contributed by atoms with E-state index in [1.54, 1.807) is 0 Å². The Kier molecular flexibility index (Phi) is 26.8. The molecule has 0 aliphatic carbocycles. The third-order valence-electron chi connectivity index (χ3n) is 5.97. The number of rotatable bonds is 25. The maximum atomic E-state index is 4.91. The molecule has 0 fully saturated rings. The molecule has 28 heavy (non-hydrogen) atoms. The summed E-state index contributed by atoms with van der Waals surface area (Å²) in [5.74, 6) is 4.91. The molecule has 0 heterocycles. The number of hydroxylamine groups is 1. The summed E-state index contributed by atoms with van der Waals surface area (Å²) in [6, 6.07) is 0. The van der Waals surface area contributed by atoms with Crippen LogP contribution in [0.2, 0.25) is 0 Å². The molecule has 0 saturated carbocycles. The van der Waals surface area contributed by atoms with Crippen LogP contribution >= 0.6 is 0 Å². The molecule has 0 aromatic heterocycles. The highest BCUT2D eigenvalue weighted by molar-refractivity contribution is 4.51. The molecule has 0 saturated heterocycles. The Labute approximate surface area is 177 Å². The van der Waals surface area contributed by atoms with Crippen LogP contribution in [0.3, 0.4) is 0 Å². The van der Waals surface area contributed by atoms with E-state index in [-0.39, 0.29) is 0 Å². The van der Waals surface area contributed by atoms with E-state index in [9.17, 15) is 0 Å². The van der Waals surface area contributed by atoms with Crippen LogP contribution in [0.25, 0.3) is 0 Å². The maximum Gasteiger partial charge on any atom is 0.0228 e. The summed E-state index contributed by atoms with van der Waals surface area (Å²) in [4.78, 5) is 4.34. The van der Waals surface area contributed by atoms with Crippen molar-refractivity contribution in [1.82, 2.24) is 5.48 Å². The molecule has 0 atom stereocenters. The van der Waals surface area contributed by atoms with Gasteiger partial charge in [0.15, 0.2) is 0 Å². The Balaban J connectivity index is 2.96. The van der Waals surface area contributed by atoms with Crippen molar-refractivity contribution in [2.45, 2.75) is 155 Å². The van der Waals surface area contributed by atoms with E-state index in [1.807, 2.05) is 0 Å². The molecule has 3 nitrogen and oxygen atoms in total. The Morgan fingerprint density at radius 2 is 0.679 bits per heavy atom. The molecule has 0 radical (unpaired) electrons. The van der Waals surface area contributed by atoms with Crippen molar-refractivity contribution in [3.05, 3.63) is 0 Å². The highest BCUT2D eigenvalue weighted by Gasteiger charge is 1.96. The summed E-state index contributed by atoms with van der Waals surface area (Å²) in [6.07, 6.45) is 32.9. The van der Waals surface area contributed by atoms with Gasteiger partial charge in [0.2, 0.25) is 0 Å². The largest absolute Gasteiger partial charge is 0.217 e.